The van der Waals surface area contributed by atoms with Gasteiger partial charge in [0.2, 0.25) is 0 Å². The lowest BCUT2D eigenvalue weighted by Crippen LogP contribution is -2.39. The van der Waals surface area contributed by atoms with Gasteiger partial charge in [-0.2, -0.15) is 0 Å². The third-order valence-corrected chi connectivity index (χ3v) is 1.16. The Morgan fingerprint density at radius 3 is 2.33 bits per heavy atom. The van der Waals surface area contributed by atoms with Crippen molar-refractivity contribution < 1.29 is 19.0 Å². The summed E-state index contributed by atoms with van der Waals surface area (Å²) in [5.41, 5.74) is -1.67. The van der Waals surface area contributed by atoms with Crippen molar-refractivity contribution >= 4 is 5.97 Å². The van der Waals surface area contributed by atoms with Crippen LogP contribution in [0.4, 0.5) is 4.39 Å². The molecule has 0 saturated heterocycles. The van der Waals surface area contributed by atoms with Gasteiger partial charge in [0.1, 0.15) is 6.67 Å². The van der Waals surface area contributed by atoms with Gasteiger partial charge in [0, 0.05) is 7.11 Å². The van der Waals surface area contributed by atoms with E-state index >= 15 is 0 Å². The molecule has 3 nitrogen and oxygen atoms in total. The van der Waals surface area contributed by atoms with Crippen LogP contribution in [-0.4, -0.2) is 30.5 Å². The second-order valence-electron chi connectivity index (χ2n) is 1.87. The van der Waals surface area contributed by atoms with Crippen molar-refractivity contribution in [1.29, 1.82) is 0 Å². The summed E-state index contributed by atoms with van der Waals surface area (Å²) in [7, 11) is 1.16. The van der Waals surface area contributed by atoms with Gasteiger partial charge < -0.3 is 9.84 Å². The summed E-state index contributed by atoms with van der Waals surface area (Å²) in [6.07, 6.45) is 0. The molecule has 0 aliphatic heterocycles. The highest BCUT2D eigenvalue weighted by Crippen LogP contribution is 2.08. The lowest BCUT2D eigenvalue weighted by Gasteiger charge is -2.17. The van der Waals surface area contributed by atoms with E-state index in [9.17, 15) is 9.18 Å². The zero-order chi connectivity index (χ0) is 7.49. The summed E-state index contributed by atoms with van der Waals surface area (Å²) in [5, 5.41) is 8.27. The fourth-order valence-electron chi connectivity index (χ4n) is 0.199. The fourth-order valence-corrected chi connectivity index (χ4v) is 0.199. The maximum atomic E-state index is 11.8. The Morgan fingerprint density at radius 2 is 2.33 bits per heavy atom. The molecule has 54 valence electrons. The molecule has 0 aromatic carbocycles. The topological polar surface area (TPSA) is 46.5 Å². The first-order valence-electron chi connectivity index (χ1n) is 2.41. The highest BCUT2D eigenvalue weighted by atomic mass is 19.1. The molecule has 0 aliphatic carbocycles. The van der Waals surface area contributed by atoms with Crippen LogP contribution < -0.4 is 0 Å². The molecular formula is C5H9FO3. The number of hydrogen-bond acceptors (Lipinski definition) is 2. The highest BCUT2D eigenvalue weighted by Gasteiger charge is 2.32. The molecule has 0 saturated carbocycles. The molecule has 1 N–H and O–H groups in total. The van der Waals surface area contributed by atoms with Gasteiger partial charge in [0.15, 0.2) is 5.60 Å². The molecule has 4 heteroatoms. The predicted octanol–water partition coefficient (Wildman–Crippen LogP) is 0.446. The third-order valence-electron chi connectivity index (χ3n) is 1.16. The molecule has 0 spiro atoms. The minimum absolute atomic E-state index is 1.02. The number of hydrogen-bond donors (Lipinski definition) is 1. The van der Waals surface area contributed by atoms with E-state index < -0.39 is 18.2 Å². The van der Waals surface area contributed by atoms with Crippen LogP contribution in [0.3, 0.4) is 0 Å². The summed E-state index contributed by atoms with van der Waals surface area (Å²) >= 11 is 0. The monoisotopic (exact) mass is 136 g/mol. The van der Waals surface area contributed by atoms with Gasteiger partial charge in [-0.25, -0.2) is 9.18 Å². The smallest absolute Gasteiger partial charge is 0.338 e. The average molecular weight is 136 g/mol. The van der Waals surface area contributed by atoms with E-state index in [1.807, 2.05) is 0 Å². The number of rotatable bonds is 3. The zero-order valence-electron chi connectivity index (χ0n) is 5.35. The molecule has 0 rings (SSSR count). The molecule has 9 heavy (non-hydrogen) atoms. The summed E-state index contributed by atoms with van der Waals surface area (Å²) < 4.78 is 16.2. The number of ether oxygens (including phenoxy) is 1. The fraction of sp³-hybridized carbons (Fsp3) is 0.800. The van der Waals surface area contributed by atoms with Crippen LogP contribution in [0, 0.1) is 0 Å². The van der Waals surface area contributed by atoms with Gasteiger partial charge in [0.25, 0.3) is 0 Å². The van der Waals surface area contributed by atoms with Crippen LogP contribution in [-0.2, 0) is 9.53 Å². The number of carboxylic acid groups (broad SMARTS) is 1. The summed E-state index contributed by atoms with van der Waals surface area (Å²) in [4.78, 5) is 10.1. The number of methoxy groups -OCH3 is 1. The maximum Gasteiger partial charge on any atom is 0.338 e. The van der Waals surface area contributed by atoms with Crippen molar-refractivity contribution in [3.63, 3.8) is 0 Å². The number of alkyl halides is 1. The Labute approximate surface area is 52.4 Å². The van der Waals surface area contributed by atoms with Crippen molar-refractivity contribution in [3.05, 3.63) is 0 Å². The lowest BCUT2D eigenvalue weighted by atomic mass is 10.1. The molecule has 1 atom stereocenters. The van der Waals surface area contributed by atoms with Gasteiger partial charge in [-0.1, -0.05) is 0 Å². The number of carboxylic acids is 1. The van der Waals surface area contributed by atoms with Crippen LogP contribution in [0.2, 0.25) is 0 Å². The maximum absolute atomic E-state index is 11.8. The van der Waals surface area contributed by atoms with E-state index in [2.05, 4.69) is 4.74 Å². The van der Waals surface area contributed by atoms with E-state index in [1.165, 1.54) is 6.92 Å². The molecule has 0 radical (unpaired) electrons. The minimum Gasteiger partial charge on any atom is -0.479 e. The first-order valence-corrected chi connectivity index (χ1v) is 2.41. The zero-order valence-corrected chi connectivity index (χ0v) is 5.35. The van der Waals surface area contributed by atoms with Crippen molar-refractivity contribution in [2.24, 2.45) is 0 Å². The second-order valence-corrected chi connectivity index (χ2v) is 1.87. The Balaban J connectivity index is 4.09. The summed E-state index contributed by atoms with van der Waals surface area (Å²) in [6, 6.07) is 0. The van der Waals surface area contributed by atoms with E-state index in [1.54, 1.807) is 0 Å². The summed E-state index contributed by atoms with van der Waals surface area (Å²) in [6.45, 7) is 0.161. The van der Waals surface area contributed by atoms with Crippen LogP contribution in [0.15, 0.2) is 0 Å². The molecule has 0 aromatic rings. The largest absolute Gasteiger partial charge is 0.479 e. The number of carbonyl (C=O) groups is 1. The molecule has 0 aromatic heterocycles. The Kier molecular flexibility index (Phi) is 2.58. The molecule has 0 heterocycles. The van der Waals surface area contributed by atoms with E-state index in [-0.39, 0.29) is 0 Å². The quantitative estimate of drug-likeness (QED) is 0.612. The van der Waals surface area contributed by atoms with Gasteiger partial charge >= 0.3 is 5.97 Å². The number of aliphatic carboxylic acids is 1. The molecule has 0 aliphatic rings. The van der Waals surface area contributed by atoms with E-state index in [4.69, 9.17) is 5.11 Å². The lowest BCUT2D eigenvalue weighted by molar-refractivity contribution is -0.161. The molecule has 0 fully saturated rings. The van der Waals surface area contributed by atoms with Gasteiger partial charge in [-0.3, -0.25) is 0 Å². The van der Waals surface area contributed by atoms with Gasteiger partial charge in [-0.15, -0.1) is 0 Å². The molecule has 1 unspecified atom stereocenters. The normalized spacial score (nSPS) is 16.8. The second kappa shape index (κ2) is 2.77. The predicted molar refractivity (Wildman–Crippen MR) is 29.0 cm³/mol. The third kappa shape index (κ3) is 1.64. The highest BCUT2D eigenvalue weighted by molar-refractivity contribution is 5.77. The molecule has 0 amide bonds. The van der Waals surface area contributed by atoms with Gasteiger partial charge in [0.05, 0.1) is 0 Å². The minimum atomic E-state index is -1.67. The Hall–Kier alpha value is -0.640. The average Bonchev–Trinajstić information content (AvgIpc) is 1.86. The van der Waals surface area contributed by atoms with Crippen LogP contribution in [0.5, 0.6) is 0 Å². The van der Waals surface area contributed by atoms with Crippen LogP contribution in [0.25, 0.3) is 0 Å². The Morgan fingerprint density at radius 1 is 1.89 bits per heavy atom. The van der Waals surface area contributed by atoms with Crippen molar-refractivity contribution in [2.75, 3.05) is 13.8 Å². The van der Waals surface area contributed by atoms with Crippen LogP contribution >= 0.6 is 0 Å². The Bertz CT molecular complexity index is 109. The standard InChI is InChI=1S/C5H9FO3/c1-5(3-6,9-2)4(7)8/h3H2,1-2H3,(H,7,8). The number of halogens is 1. The van der Waals surface area contributed by atoms with E-state index in [0.717, 1.165) is 7.11 Å². The SMILES string of the molecule is COC(C)(CF)C(=O)O. The molecular weight excluding hydrogens is 127 g/mol. The first kappa shape index (κ1) is 8.36. The van der Waals surface area contributed by atoms with Crippen molar-refractivity contribution in [3.8, 4) is 0 Å². The first-order chi connectivity index (χ1) is 4.06. The van der Waals surface area contributed by atoms with E-state index in [0.29, 0.717) is 0 Å². The van der Waals surface area contributed by atoms with Crippen LogP contribution in [0.1, 0.15) is 6.92 Å². The molecule has 0 bridgehead atoms. The summed E-state index contributed by atoms with van der Waals surface area (Å²) in [5.74, 6) is -1.28. The van der Waals surface area contributed by atoms with Crippen molar-refractivity contribution in [1.82, 2.24) is 0 Å². The van der Waals surface area contributed by atoms with Gasteiger partial charge in [-0.05, 0) is 6.92 Å². The van der Waals surface area contributed by atoms with Crippen molar-refractivity contribution in [2.45, 2.75) is 12.5 Å².